The van der Waals surface area contributed by atoms with Crippen LogP contribution in [0.5, 0.6) is 0 Å². The SMILES string of the molecule is C=CC[SiH2]OC(O[Si](C)(C)C)O[Si](C)(C)C. The topological polar surface area (TPSA) is 27.7 Å². The maximum atomic E-state index is 5.89. The van der Waals surface area contributed by atoms with Crippen LogP contribution in [0.15, 0.2) is 12.7 Å². The van der Waals surface area contributed by atoms with Gasteiger partial charge in [0.15, 0.2) is 26.4 Å². The van der Waals surface area contributed by atoms with Crippen LogP contribution >= 0.6 is 0 Å². The van der Waals surface area contributed by atoms with E-state index >= 15 is 0 Å². The largest absolute Gasteiger partial charge is 0.380 e. The van der Waals surface area contributed by atoms with Crippen LogP contribution in [0.4, 0.5) is 0 Å². The number of hydrogen-bond donors (Lipinski definition) is 0. The molecule has 0 rings (SSSR count). The van der Waals surface area contributed by atoms with Crippen molar-refractivity contribution in [1.82, 2.24) is 0 Å². The molecule has 16 heavy (non-hydrogen) atoms. The van der Waals surface area contributed by atoms with Crippen LogP contribution in [-0.4, -0.2) is 32.9 Å². The highest BCUT2D eigenvalue weighted by molar-refractivity contribution is 6.70. The lowest BCUT2D eigenvalue weighted by Crippen LogP contribution is -2.41. The molecule has 0 bridgehead atoms. The van der Waals surface area contributed by atoms with E-state index in [1.807, 2.05) is 6.08 Å². The van der Waals surface area contributed by atoms with Gasteiger partial charge >= 0.3 is 0 Å². The summed E-state index contributed by atoms with van der Waals surface area (Å²) < 4.78 is 17.5. The maximum absolute atomic E-state index is 5.89. The molecule has 0 N–H and O–H groups in total. The second-order valence-corrected chi connectivity index (χ2v) is 15.9. The molecule has 0 spiro atoms. The second kappa shape index (κ2) is 6.87. The Hall–Kier alpha value is 0.271. The molecule has 0 aliphatic heterocycles. The molecule has 0 saturated carbocycles. The van der Waals surface area contributed by atoms with E-state index in [9.17, 15) is 0 Å². The Morgan fingerprint density at radius 3 is 1.81 bits per heavy atom. The van der Waals surface area contributed by atoms with Crippen LogP contribution in [0, 0.1) is 0 Å². The molecule has 0 aliphatic rings. The van der Waals surface area contributed by atoms with Crippen LogP contribution in [0.25, 0.3) is 0 Å². The Kier molecular flexibility index (Phi) is 6.99. The molecular formula is C10H26O3Si3. The van der Waals surface area contributed by atoms with Gasteiger partial charge in [-0.1, -0.05) is 6.08 Å². The average Bonchev–Trinajstić information content (AvgIpc) is 1.97. The molecule has 0 radical (unpaired) electrons. The first-order valence-corrected chi connectivity index (χ1v) is 14.1. The van der Waals surface area contributed by atoms with Crippen molar-refractivity contribution in [3.8, 4) is 0 Å². The van der Waals surface area contributed by atoms with E-state index in [-0.39, 0.29) is 0 Å². The van der Waals surface area contributed by atoms with Gasteiger partial charge in [0.2, 0.25) is 6.48 Å². The predicted molar refractivity (Wildman–Crippen MR) is 77.3 cm³/mol. The van der Waals surface area contributed by atoms with Gasteiger partial charge in [-0.15, -0.1) is 6.58 Å². The molecule has 0 aliphatic carbocycles. The Balaban J connectivity index is 4.22. The van der Waals surface area contributed by atoms with Crippen molar-refractivity contribution in [2.75, 3.05) is 0 Å². The minimum atomic E-state index is -1.61. The van der Waals surface area contributed by atoms with E-state index in [1.54, 1.807) is 0 Å². The van der Waals surface area contributed by atoms with E-state index in [2.05, 4.69) is 45.9 Å². The highest BCUT2D eigenvalue weighted by atomic mass is 28.4. The number of hydrogen-bond acceptors (Lipinski definition) is 3. The Labute approximate surface area is 104 Å². The Morgan fingerprint density at radius 1 is 1.06 bits per heavy atom. The minimum absolute atomic E-state index is 0.440. The molecule has 0 atom stereocenters. The number of rotatable bonds is 8. The van der Waals surface area contributed by atoms with Gasteiger partial charge < -0.3 is 13.3 Å². The zero-order valence-electron chi connectivity index (χ0n) is 11.5. The van der Waals surface area contributed by atoms with Gasteiger partial charge in [-0.05, 0) is 45.3 Å². The summed E-state index contributed by atoms with van der Waals surface area (Å²) in [7, 11) is -3.82. The lowest BCUT2D eigenvalue weighted by Gasteiger charge is -2.31. The molecular weight excluding hydrogens is 252 g/mol. The summed E-state index contributed by atoms with van der Waals surface area (Å²) >= 11 is 0. The fourth-order valence-electron chi connectivity index (χ4n) is 0.917. The summed E-state index contributed by atoms with van der Waals surface area (Å²) in [6.45, 7) is 16.1. The lowest BCUT2D eigenvalue weighted by molar-refractivity contribution is -0.151. The van der Waals surface area contributed by atoms with E-state index < -0.39 is 32.9 Å². The monoisotopic (exact) mass is 278 g/mol. The lowest BCUT2D eigenvalue weighted by atomic mass is 10.8. The van der Waals surface area contributed by atoms with Crippen molar-refractivity contribution < 1.29 is 13.3 Å². The first-order chi connectivity index (χ1) is 7.14. The van der Waals surface area contributed by atoms with Crippen LogP contribution in [0.2, 0.25) is 45.3 Å². The van der Waals surface area contributed by atoms with Crippen LogP contribution < -0.4 is 0 Å². The van der Waals surface area contributed by atoms with Crippen molar-refractivity contribution in [2.45, 2.75) is 51.8 Å². The van der Waals surface area contributed by atoms with E-state index in [0.717, 1.165) is 6.04 Å². The third-order valence-corrected chi connectivity index (χ3v) is 4.43. The average molecular weight is 279 g/mol. The summed E-state index contributed by atoms with van der Waals surface area (Å²) in [4.78, 5) is 0. The zero-order chi connectivity index (χ0) is 12.8. The van der Waals surface area contributed by atoms with Gasteiger partial charge in [0.05, 0.1) is 0 Å². The van der Waals surface area contributed by atoms with Gasteiger partial charge in [-0.3, -0.25) is 0 Å². The van der Waals surface area contributed by atoms with E-state index in [1.165, 1.54) is 0 Å². The molecule has 96 valence electrons. The summed E-state index contributed by atoms with van der Waals surface area (Å²) in [5.41, 5.74) is 0. The van der Waals surface area contributed by atoms with Crippen LogP contribution in [-0.2, 0) is 13.3 Å². The normalized spacial score (nSPS) is 13.9. The first kappa shape index (κ1) is 16.3. The number of allylic oxidation sites excluding steroid dienone is 1. The maximum Gasteiger partial charge on any atom is 0.242 e. The van der Waals surface area contributed by atoms with Crippen molar-refractivity contribution in [3.05, 3.63) is 12.7 Å². The van der Waals surface area contributed by atoms with Gasteiger partial charge in [-0.2, -0.15) is 0 Å². The van der Waals surface area contributed by atoms with Crippen molar-refractivity contribution in [3.63, 3.8) is 0 Å². The third-order valence-electron chi connectivity index (χ3n) is 1.48. The Morgan fingerprint density at radius 2 is 1.50 bits per heavy atom. The Bertz CT molecular complexity index is 192. The zero-order valence-corrected chi connectivity index (χ0v) is 14.9. The third kappa shape index (κ3) is 10.8. The van der Waals surface area contributed by atoms with Crippen LogP contribution in [0.1, 0.15) is 0 Å². The highest BCUT2D eigenvalue weighted by Crippen LogP contribution is 2.14. The van der Waals surface area contributed by atoms with Crippen molar-refractivity contribution in [1.29, 1.82) is 0 Å². The van der Waals surface area contributed by atoms with E-state index in [4.69, 9.17) is 13.3 Å². The molecule has 0 fully saturated rings. The summed E-state index contributed by atoms with van der Waals surface area (Å²) in [5.74, 6) is 0. The predicted octanol–water partition coefficient (Wildman–Crippen LogP) is 2.68. The van der Waals surface area contributed by atoms with Crippen molar-refractivity contribution in [2.24, 2.45) is 0 Å². The van der Waals surface area contributed by atoms with Gasteiger partial charge in [0.1, 0.15) is 0 Å². The molecule has 0 aromatic rings. The first-order valence-electron chi connectivity index (χ1n) is 5.72. The molecule has 0 amide bonds. The van der Waals surface area contributed by atoms with Gasteiger partial charge in [0.25, 0.3) is 0 Å². The fourth-order valence-corrected chi connectivity index (χ4v) is 3.30. The van der Waals surface area contributed by atoms with Crippen LogP contribution in [0.3, 0.4) is 0 Å². The highest BCUT2D eigenvalue weighted by Gasteiger charge is 2.27. The molecule has 0 aromatic heterocycles. The standard InChI is InChI=1S/C10H26O3Si3/c1-8-9-14-11-10(12-15(2,3)4)13-16(5,6)7/h8,10H,1,9,14H2,2-7H3. The summed E-state index contributed by atoms with van der Waals surface area (Å²) in [6, 6.07) is 0.959. The van der Waals surface area contributed by atoms with E-state index in [0.29, 0.717) is 0 Å². The molecule has 0 heterocycles. The van der Waals surface area contributed by atoms with Gasteiger partial charge in [0, 0.05) is 0 Å². The molecule has 0 saturated heterocycles. The molecule has 3 nitrogen and oxygen atoms in total. The smallest absolute Gasteiger partial charge is 0.242 e. The minimum Gasteiger partial charge on any atom is -0.380 e. The fraction of sp³-hybridized carbons (Fsp3) is 0.800. The molecule has 6 heteroatoms. The summed E-state index contributed by atoms with van der Waals surface area (Å²) in [6.07, 6.45) is 1.90. The van der Waals surface area contributed by atoms with Gasteiger partial charge in [-0.25, -0.2) is 0 Å². The molecule has 0 unspecified atom stereocenters. The summed E-state index contributed by atoms with van der Waals surface area (Å²) in [5, 5.41) is 0. The van der Waals surface area contributed by atoms with Crippen molar-refractivity contribution >= 4 is 26.4 Å². The quantitative estimate of drug-likeness (QED) is 0.296. The molecule has 0 aromatic carbocycles. The second-order valence-electron chi connectivity index (χ2n) is 5.70.